The van der Waals surface area contributed by atoms with E-state index in [0.29, 0.717) is 5.56 Å². The molecule has 0 aliphatic carbocycles. The van der Waals surface area contributed by atoms with Gasteiger partial charge in [-0.25, -0.2) is 8.42 Å². The van der Waals surface area contributed by atoms with Gasteiger partial charge in [0.1, 0.15) is 6.04 Å². The van der Waals surface area contributed by atoms with Crippen LogP contribution in [0.15, 0.2) is 102 Å². The summed E-state index contributed by atoms with van der Waals surface area (Å²) >= 11 is 0. The molecular formula is C32H27N5O6S. The zero-order valence-electron chi connectivity index (χ0n) is 23.6. The fourth-order valence-electron chi connectivity index (χ4n) is 5.58. The van der Waals surface area contributed by atoms with Gasteiger partial charge < -0.3 is 9.88 Å². The number of nitrogens with zero attached hydrogens (tertiary/aromatic N) is 2. The number of hydrogen-bond acceptors (Lipinski definition) is 6. The van der Waals surface area contributed by atoms with Crippen molar-refractivity contribution in [1.82, 2.24) is 20.1 Å². The number of fused-ring (bicyclic) bond motifs is 2. The number of nitro benzene ring substituents is 1. The van der Waals surface area contributed by atoms with Crippen LogP contribution in [0.2, 0.25) is 0 Å². The number of carbonyl (C=O) groups is 2. The molecule has 44 heavy (non-hydrogen) atoms. The maximum Gasteiger partial charge on any atom is 0.269 e. The summed E-state index contributed by atoms with van der Waals surface area (Å²) in [5.74, 6) is -1.13. The van der Waals surface area contributed by atoms with Gasteiger partial charge in [0, 0.05) is 34.2 Å². The molecule has 0 saturated heterocycles. The van der Waals surface area contributed by atoms with E-state index in [2.05, 4.69) is 10.4 Å². The predicted molar refractivity (Wildman–Crippen MR) is 164 cm³/mol. The molecule has 2 unspecified atom stereocenters. The fourth-order valence-corrected chi connectivity index (χ4v) is 6.43. The number of amides is 2. The first-order chi connectivity index (χ1) is 21.1. The maximum absolute atomic E-state index is 13.9. The number of aromatic nitrogens is 1. The SMILES string of the molecule is Cc1ccc(-c2[nH]c3ccccc3c2C2c3ccccc3C(=O)N2C(C)C(=O)NNS(=O)(=O)c2ccc([N+](=O)[O-])cc2)cc1. The van der Waals surface area contributed by atoms with Crippen LogP contribution < -0.4 is 10.3 Å². The highest BCUT2D eigenvalue weighted by Gasteiger charge is 2.44. The van der Waals surface area contributed by atoms with Crippen molar-refractivity contribution in [1.29, 1.82) is 0 Å². The minimum atomic E-state index is -4.27. The molecule has 6 rings (SSSR count). The molecule has 0 saturated carbocycles. The predicted octanol–water partition coefficient (Wildman–Crippen LogP) is 4.99. The van der Waals surface area contributed by atoms with E-state index >= 15 is 0 Å². The lowest BCUT2D eigenvalue weighted by Gasteiger charge is -2.31. The number of rotatable bonds is 8. The molecule has 2 atom stereocenters. The summed E-state index contributed by atoms with van der Waals surface area (Å²) in [5.41, 5.74) is 7.60. The highest BCUT2D eigenvalue weighted by Crippen LogP contribution is 2.46. The number of nitrogens with one attached hydrogen (secondary N) is 3. The minimum Gasteiger partial charge on any atom is -0.354 e. The third kappa shape index (κ3) is 4.99. The zero-order valence-corrected chi connectivity index (χ0v) is 24.5. The molecule has 222 valence electrons. The second kappa shape index (κ2) is 11.1. The van der Waals surface area contributed by atoms with E-state index in [1.807, 2.05) is 72.4 Å². The van der Waals surface area contributed by atoms with Crippen LogP contribution in [0.1, 0.15) is 40.0 Å². The van der Waals surface area contributed by atoms with E-state index in [-0.39, 0.29) is 16.5 Å². The molecule has 2 heterocycles. The van der Waals surface area contributed by atoms with Crippen LogP contribution in [0, 0.1) is 17.0 Å². The number of aromatic amines is 1. The Morgan fingerprint density at radius 1 is 0.955 bits per heavy atom. The summed E-state index contributed by atoms with van der Waals surface area (Å²) in [4.78, 5) is 44.5. The number of H-pyrrole nitrogens is 1. The van der Waals surface area contributed by atoms with Crippen LogP contribution >= 0.6 is 0 Å². The van der Waals surface area contributed by atoms with E-state index in [9.17, 15) is 28.1 Å². The van der Waals surface area contributed by atoms with Crippen LogP contribution in [0.3, 0.4) is 0 Å². The Morgan fingerprint density at radius 3 is 2.32 bits per heavy atom. The first-order valence-electron chi connectivity index (χ1n) is 13.7. The first-order valence-corrected chi connectivity index (χ1v) is 15.2. The summed E-state index contributed by atoms with van der Waals surface area (Å²) < 4.78 is 25.7. The van der Waals surface area contributed by atoms with E-state index in [1.165, 1.54) is 11.8 Å². The maximum atomic E-state index is 13.9. The number of nitro groups is 1. The minimum absolute atomic E-state index is 0.276. The molecule has 5 aromatic rings. The van der Waals surface area contributed by atoms with Crippen molar-refractivity contribution in [2.75, 3.05) is 0 Å². The van der Waals surface area contributed by atoms with Crippen molar-refractivity contribution in [2.24, 2.45) is 0 Å². The van der Waals surface area contributed by atoms with Gasteiger partial charge in [-0.15, -0.1) is 4.83 Å². The van der Waals surface area contributed by atoms with Crippen LogP contribution in [0.4, 0.5) is 5.69 Å². The van der Waals surface area contributed by atoms with Gasteiger partial charge in [0.15, 0.2) is 0 Å². The molecule has 11 nitrogen and oxygen atoms in total. The Labute approximate surface area is 252 Å². The second-order valence-corrected chi connectivity index (χ2v) is 12.2. The van der Waals surface area contributed by atoms with E-state index in [4.69, 9.17) is 0 Å². The van der Waals surface area contributed by atoms with Crippen molar-refractivity contribution in [3.8, 4) is 11.3 Å². The fraction of sp³-hybridized carbons (Fsp3) is 0.125. The topological polar surface area (TPSA) is 155 Å². The lowest BCUT2D eigenvalue weighted by atomic mass is 9.92. The average molecular weight is 610 g/mol. The van der Waals surface area contributed by atoms with Gasteiger partial charge in [-0.05, 0) is 49.2 Å². The van der Waals surface area contributed by atoms with Crippen molar-refractivity contribution in [2.45, 2.75) is 30.8 Å². The Kier molecular flexibility index (Phi) is 7.23. The highest BCUT2D eigenvalue weighted by molar-refractivity contribution is 7.89. The molecular weight excluding hydrogens is 582 g/mol. The van der Waals surface area contributed by atoms with Crippen LogP contribution in [-0.4, -0.2) is 41.1 Å². The van der Waals surface area contributed by atoms with Crippen LogP contribution in [-0.2, 0) is 14.8 Å². The average Bonchev–Trinajstić information content (AvgIpc) is 3.54. The van der Waals surface area contributed by atoms with Gasteiger partial charge in [0.05, 0.1) is 21.6 Å². The molecule has 0 radical (unpaired) electrons. The largest absolute Gasteiger partial charge is 0.354 e. The van der Waals surface area contributed by atoms with E-state index < -0.39 is 32.9 Å². The van der Waals surface area contributed by atoms with Gasteiger partial charge in [-0.1, -0.05) is 66.2 Å². The lowest BCUT2D eigenvalue weighted by Crippen LogP contribution is -2.52. The quantitative estimate of drug-likeness (QED) is 0.166. The summed E-state index contributed by atoms with van der Waals surface area (Å²) in [6.45, 7) is 3.53. The van der Waals surface area contributed by atoms with Gasteiger partial charge in [-0.2, -0.15) is 0 Å². The number of non-ortho nitro benzene ring substituents is 1. The third-order valence-corrected chi connectivity index (χ3v) is 9.09. The smallest absolute Gasteiger partial charge is 0.269 e. The monoisotopic (exact) mass is 609 g/mol. The van der Waals surface area contributed by atoms with Crippen LogP contribution in [0.25, 0.3) is 22.2 Å². The van der Waals surface area contributed by atoms with E-state index in [0.717, 1.165) is 63.1 Å². The molecule has 0 bridgehead atoms. The summed E-state index contributed by atoms with van der Waals surface area (Å²) in [6.07, 6.45) is 0. The molecule has 1 aliphatic rings. The molecule has 3 N–H and O–H groups in total. The van der Waals surface area contributed by atoms with Gasteiger partial charge in [-0.3, -0.25) is 25.1 Å². The number of carbonyl (C=O) groups excluding carboxylic acids is 2. The Bertz CT molecular complexity index is 2040. The second-order valence-electron chi connectivity index (χ2n) is 10.5. The third-order valence-electron chi connectivity index (χ3n) is 7.82. The Morgan fingerprint density at radius 2 is 1.61 bits per heavy atom. The van der Waals surface area contributed by atoms with Gasteiger partial charge >= 0.3 is 0 Å². The number of para-hydroxylation sites is 1. The Balaban J connectivity index is 1.37. The van der Waals surface area contributed by atoms with Crippen molar-refractivity contribution < 1.29 is 22.9 Å². The molecule has 12 heteroatoms. The lowest BCUT2D eigenvalue weighted by molar-refractivity contribution is -0.384. The molecule has 4 aromatic carbocycles. The van der Waals surface area contributed by atoms with Crippen molar-refractivity contribution in [3.05, 3.63) is 129 Å². The van der Waals surface area contributed by atoms with Crippen LogP contribution in [0.5, 0.6) is 0 Å². The number of aryl methyl sites for hydroxylation is 1. The van der Waals surface area contributed by atoms with Gasteiger partial charge in [0.25, 0.3) is 27.5 Å². The normalized spacial score (nSPS) is 15.3. The Hall–Kier alpha value is -5.33. The number of benzene rings is 4. The number of hydrogen-bond donors (Lipinski definition) is 3. The van der Waals surface area contributed by atoms with E-state index in [1.54, 1.807) is 12.1 Å². The summed E-state index contributed by atoms with van der Waals surface area (Å²) in [5, 5.41) is 11.8. The summed E-state index contributed by atoms with van der Waals surface area (Å²) in [7, 11) is -4.27. The number of sulfonamides is 1. The van der Waals surface area contributed by atoms with Crippen molar-refractivity contribution >= 4 is 38.4 Å². The molecule has 2 amide bonds. The first kappa shape index (κ1) is 28.8. The number of hydrazine groups is 1. The zero-order chi connectivity index (χ0) is 31.2. The standard InChI is InChI=1S/C32H27N5O6S/c1-19-11-13-21(14-12-19)29-28(26-9-5-6-10-27(26)33-29)30-24-7-3-4-8-25(24)32(39)36(30)20(2)31(38)34-35-44(42,43)23-17-15-22(16-18-23)37(40)41/h3-18,20,30,33,35H,1-2H3,(H,34,38). The molecule has 1 aliphatic heterocycles. The molecule has 0 fully saturated rings. The summed E-state index contributed by atoms with van der Waals surface area (Å²) in [6, 6.07) is 25.4. The van der Waals surface area contributed by atoms with Crippen molar-refractivity contribution in [3.63, 3.8) is 0 Å². The molecule has 1 aromatic heterocycles. The van der Waals surface area contributed by atoms with Gasteiger partial charge in [0.2, 0.25) is 0 Å². The highest BCUT2D eigenvalue weighted by atomic mass is 32.2. The molecule has 0 spiro atoms.